The van der Waals surface area contributed by atoms with E-state index in [4.69, 9.17) is 4.74 Å². The van der Waals surface area contributed by atoms with E-state index in [0.717, 1.165) is 31.8 Å². The number of nitrogens with zero attached hydrogens (tertiary/aromatic N) is 1. The summed E-state index contributed by atoms with van der Waals surface area (Å²) < 4.78 is 5.84. The average Bonchev–Trinajstić information content (AvgIpc) is 2.67. The van der Waals surface area contributed by atoms with Crippen LogP contribution in [0, 0.1) is 6.92 Å². The fraction of sp³-hybridized carbons (Fsp3) is 0.417. The lowest BCUT2D eigenvalue weighted by atomic mass is 10.3. The molecule has 1 heterocycles. The first-order valence-corrected chi connectivity index (χ1v) is 5.12. The summed E-state index contributed by atoms with van der Waals surface area (Å²) in [7, 11) is 0. The third kappa shape index (κ3) is 2.26. The number of rotatable bonds is 3. The molecular weight excluding hydrogens is 174 g/mol. The minimum atomic E-state index is 0.346. The molecule has 0 aromatic heterocycles. The van der Waals surface area contributed by atoms with Gasteiger partial charge in [-0.25, -0.2) is 0 Å². The van der Waals surface area contributed by atoms with Crippen LogP contribution < -0.4 is 4.74 Å². The molecule has 2 nitrogen and oxygen atoms in total. The highest BCUT2D eigenvalue weighted by Crippen LogP contribution is 2.17. The van der Waals surface area contributed by atoms with Crippen molar-refractivity contribution in [3.8, 4) is 5.75 Å². The molecule has 1 aromatic carbocycles. The van der Waals surface area contributed by atoms with Crippen molar-refractivity contribution in [2.75, 3.05) is 19.6 Å². The maximum absolute atomic E-state index is 5.84. The zero-order valence-corrected chi connectivity index (χ0v) is 8.36. The van der Waals surface area contributed by atoms with E-state index in [1.165, 1.54) is 0 Å². The number of ether oxygens (including phenoxy) is 1. The molecule has 0 amide bonds. The van der Waals surface area contributed by atoms with Crippen LogP contribution >= 0.6 is 0 Å². The number of benzene rings is 1. The van der Waals surface area contributed by atoms with Crippen LogP contribution in [0.4, 0.5) is 0 Å². The number of para-hydroxylation sites is 1. The van der Waals surface area contributed by atoms with Gasteiger partial charge in [0.25, 0.3) is 0 Å². The second-order valence-corrected chi connectivity index (χ2v) is 3.64. The third-order valence-corrected chi connectivity index (χ3v) is 2.59. The van der Waals surface area contributed by atoms with Crippen LogP contribution in [-0.2, 0) is 0 Å². The molecule has 1 unspecified atom stereocenters. The van der Waals surface area contributed by atoms with Gasteiger partial charge in [0.05, 0.1) is 0 Å². The molecule has 1 aliphatic heterocycles. The first kappa shape index (κ1) is 9.53. The molecule has 1 atom stereocenters. The van der Waals surface area contributed by atoms with Gasteiger partial charge in [0.1, 0.15) is 11.9 Å². The first-order valence-electron chi connectivity index (χ1n) is 5.12. The SMILES string of the molecule is [CH2]CN1CCC(Oc2ccccc2)C1. The predicted molar refractivity (Wildman–Crippen MR) is 57.3 cm³/mol. The molecule has 0 bridgehead atoms. The van der Waals surface area contributed by atoms with E-state index >= 15 is 0 Å². The fourth-order valence-corrected chi connectivity index (χ4v) is 1.79. The summed E-state index contributed by atoms with van der Waals surface area (Å²) in [6.45, 7) is 6.89. The molecule has 0 aliphatic carbocycles. The van der Waals surface area contributed by atoms with Gasteiger partial charge in [-0.05, 0) is 32.0 Å². The first-order chi connectivity index (χ1) is 6.88. The van der Waals surface area contributed by atoms with E-state index in [1.54, 1.807) is 0 Å². The molecule has 2 rings (SSSR count). The molecule has 14 heavy (non-hydrogen) atoms. The number of hydrogen-bond donors (Lipinski definition) is 0. The van der Waals surface area contributed by atoms with Crippen LogP contribution in [0.5, 0.6) is 5.75 Å². The highest BCUT2D eigenvalue weighted by atomic mass is 16.5. The molecule has 1 aromatic rings. The average molecular weight is 190 g/mol. The van der Waals surface area contributed by atoms with E-state index in [-0.39, 0.29) is 0 Å². The normalized spacial score (nSPS) is 22.5. The minimum Gasteiger partial charge on any atom is -0.489 e. The molecule has 1 fully saturated rings. The van der Waals surface area contributed by atoms with Crippen LogP contribution in [0.2, 0.25) is 0 Å². The molecule has 2 heteroatoms. The Hall–Kier alpha value is -1.02. The smallest absolute Gasteiger partial charge is 0.119 e. The van der Waals surface area contributed by atoms with Gasteiger partial charge in [0, 0.05) is 13.1 Å². The quantitative estimate of drug-likeness (QED) is 0.722. The van der Waals surface area contributed by atoms with Gasteiger partial charge in [-0.15, -0.1) is 0 Å². The largest absolute Gasteiger partial charge is 0.489 e. The Morgan fingerprint density at radius 1 is 1.36 bits per heavy atom. The summed E-state index contributed by atoms with van der Waals surface area (Å²) in [5.41, 5.74) is 0. The predicted octanol–water partition coefficient (Wildman–Crippen LogP) is 1.97. The maximum atomic E-state index is 5.84. The van der Waals surface area contributed by atoms with Crippen molar-refractivity contribution >= 4 is 0 Å². The Balaban J connectivity index is 1.88. The summed E-state index contributed by atoms with van der Waals surface area (Å²) >= 11 is 0. The summed E-state index contributed by atoms with van der Waals surface area (Å²) in [5.74, 6) is 0.975. The highest BCUT2D eigenvalue weighted by Gasteiger charge is 2.22. The van der Waals surface area contributed by atoms with Crippen molar-refractivity contribution in [2.45, 2.75) is 12.5 Å². The fourth-order valence-electron chi connectivity index (χ4n) is 1.79. The second-order valence-electron chi connectivity index (χ2n) is 3.64. The van der Waals surface area contributed by atoms with Crippen molar-refractivity contribution < 1.29 is 4.74 Å². The Bertz CT molecular complexity index is 273. The van der Waals surface area contributed by atoms with Crippen molar-refractivity contribution in [2.24, 2.45) is 0 Å². The Morgan fingerprint density at radius 3 is 2.79 bits per heavy atom. The number of likely N-dealkylation sites (tertiary alicyclic amines) is 1. The van der Waals surface area contributed by atoms with E-state index in [1.807, 2.05) is 30.3 Å². The maximum Gasteiger partial charge on any atom is 0.119 e. The van der Waals surface area contributed by atoms with Gasteiger partial charge in [0.15, 0.2) is 0 Å². The molecule has 75 valence electrons. The summed E-state index contributed by atoms with van der Waals surface area (Å²) in [4.78, 5) is 2.31. The van der Waals surface area contributed by atoms with Crippen LogP contribution in [0.3, 0.4) is 0 Å². The lowest BCUT2D eigenvalue weighted by Gasteiger charge is -2.14. The van der Waals surface area contributed by atoms with Crippen molar-refractivity contribution in [3.63, 3.8) is 0 Å². The van der Waals surface area contributed by atoms with Crippen LogP contribution in [0.15, 0.2) is 30.3 Å². The minimum absolute atomic E-state index is 0.346. The summed E-state index contributed by atoms with van der Waals surface area (Å²) in [6, 6.07) is 10.0. The zero-order valence-electron chi connectivity index (χ0n) is 8.36. The van der Waals surface area contributed by atoms with Crippen molar-refractivity contribution in [1.82, 2.24) is 4.90 Å². The van der Waals surface area contributed by atoms with Gasteiger partial charge in [-0.2, -0.15) is 0 Å². The third-order valence-electron chi connectivity index (χ3n) is 2.59. The number of hydrogen-bond acceptors (Lipinski definition) is 2. The Kier molecular flexibility index (Phi) is 3.04. The van der Waals surface area contributed by atoms with Crippen LogP contribution in [0.25, 0.3) is 0 Å². The zero-order chi connectivity index (χ0) is 9.80. The van der Waals surface area contributed by atoms with Gasteiger partial charge in [-0.1, -0.05) is 18.2 Å². The van der Waals surface area contributed by atoms with E-state index in [2.05, 4.69) is 11.8 Å². The summed E-state index contributed by atoms with van der Waals surface area (Å²) in [6.07, 6.45) is 1.46. The summed E-state index contributed by atoms with van der Waals surface area (Å²) in [5, 5.41) is 0. The van der Waals surface area contributed by atoms with Crippen LogP contribution in [-0.4, -0.2) is 30.6 Å². The Labute approximate surface area is 85.5 Å². The van der Waals surface area contributed by atoms with Gasteiger partial charge in [-0.3, -0.25) is 4.90 Å². The van der Waals surface area contributed by atoms with E-state index in [9.17, 15) is 0 Å². The highest BCUT2D eigenvalue weighted by molar-refractivity contribution is 5.21. The molecule has 1 aliphatic rings. The standard InChI is InChI=1S/C12H16NO/c1-2-13-9-8-12(10-13)14-11-6-4-3-5-7-11/h3-7,12H,1-2,8-10H2. The second kappa shape index (κ2) is 4.47. The lowest BCUT2D eigenvalue weighted by Crippen LogP contribution is -2.24. The van der Waals surface area contributed by atoms with E-state index in [0.29, 0.717) is 6.10 Å². The van der Waals surface area contributed by atoms with Gasteiger partial charge in [0.2, 0.25) is 0 Å². The topological polar surface area (TPSA) is 12.5 Å². The van der Waals surface area contributed by atoms with Crippen molar-refractivity contribution in [1.29, 1.82) is 0 Å². The molecular formula is C12H16NO. The molecule has 0 saturated carbocycles. The van der Waals surface area contributed by atoms with Gasteiger partial charge < -0.3 is 4.74 Å². The molecule has 1 radical (unpaired) electrons. The van der Waals surface area contributed by atoms with Crippen LogP contribution in [0.1, 0.15) is 6.42 Å². The Morgan fingerprint density at radius 2 is 2.14 bits per heavy atom. The van der Waals surface area contributed by atoms with E-state index < -0.39 is 0 Å². The van der Waals surface area contributed by atoms with Crippen molar-refractivity contribution in [3.05, 3.63) is 37.3 Å². The van der Waals surface area contributed by atoms with Gasteiger partial charge >= 0.3 is 0 Å². The molecule has 0 spiro atoms. The molecule has 1 saturated heterocycles. The molecule has 0 N–H and O–H groups in total. The monoisotopic (exact) mass is 190 g/mol. The lowest BCUT2D eigenvalue weighted by molar-refractivity contribution is 0.204.